The number of fused-ring (bicyclic) bond motifs is 1. The van der Waals surface area contributed by atoms with E-state index in [-0.39, 0.29) is 16.2 Å². The summed E-state index contributed by atoms with van der Waals surface area (Å²) in [6.07, 6.45) is 0.947. The number of amides is 1. The van der Waals surface area contributed by atoms with Crippen molar-refractivity contribution in [3.05, 3.63) is 102 Å². The monoisotopic (exact) mass is 488 g/mol. The second-order valence-electron chi connectivity index (χ2n) is 8.18. The van der Waals surface area contributed by atoms with Crippen LogP contribution in [-0.4, -0.2) is 20.1 Å². The second-order valence-corrected chi connectivity index (χ2v) is 10.9. The first kappa shape index (κ1) is 22.5. The number of sulfonamides is 1. The van der Waals surface area contributed by atoms with E-state index in [2.05, 4.69) is 11.6 Å². The lowest BCUT2D eigenvalue weighted by Gasteiger charge is -2.24. The second kappa shape index (κ2) is 9.16. The van der Waals surface area contributed by atoms with Crippen LogP contribution in [0.1, 0.15) is 23.4 Å². The number of carbonyl (C=O) groups excluding carboxylic acids is 1. The maximum Gasteiger partial charge on any atom is 0.261 e. The van der Waals surface area contributed by atoms with Crippen LogP contribution in [0.15, 0.2) is 95.9 Å². The molecule has 5 nitrogen and oxygen atoms in total. The average Bonchev–Trinajstić information content (AvgIpc) is 3.25. The van der Waals surface area contributed by atoms with Crippen LogP contribution in [0.2, 0.25) is 0 Å². The van der Waals surface area contributed by atoms with Gasteiger partial charge in [0.15, 0.2) is 0 Å². The zero-order chi connectivity index (χ0) is 23.7. The molecule has 0 bridgehead atoms. The van der Waals surface area contributed by atoms with Crippen LogP contribution in [0.5, 0.6) is 0 Å². The normalized spacial score (nSPS) is 16.2. The highest BCUT2D eigenvalue weighted by Gasteiger charge is 2.34. The van der Waals surface area contributed by atoms with E-state index in [1.54, 1.807) is 36.0 Å². The highest BCUT2D eigenvalue weighted by atomic mass is 32.2. The summed E-state index contributed by atoms with van der Waals surface area (Å²) in [5.41, 5.74) is 3.52. The Hall–Kier alpha value is -3.29. The number of aryl methyl sites for hydroxylation is 1. The van der Waals surface area contributed by atoms with Crippen molar-refractivity contribution < 1.29 is 13.2 Å². The summed E-state index contributed by atoms with van der Waals surface area (Å²) < 4.78 is 28.6. The Kier molecular flexibility index (Phi) is 6.06. The van der Waals surface area contributed by atoms with Gasteiger partial charge >= 0.3 is 0 Å². The van der Waals surface area contributed by atoms with Gasteiger partial charge in [0.25, 0.3) is 10.0 Å². The van der Waals surface area contributed by atoms with Gasteiger partial charge in [-0.05, 0) is 64.7 Å². The van der Waals surface area contributed by atoms with E-state index < -0.39 is 10.0 Å². The van der Waals surface area contributed by atoms with Crippen LogP contribution in [0.25, 0.3) is 10.8 Å². The third-order valence-corrected chi connectivity index (χ3v) is 8.56. The molecule has 1 fully saturated rings. The van der Waals surface area contributed by atoms with Gasteiger partial charge in [0.1, 0.15) is 5.37 Å². The predicted molar refractivity (Wildman–Crippen MR) is 140 cm³/mol. The van der Waals surface area contributed by atoms with Crippen LogP contribution >= 0.6 is 11.8 Å². The Morgan fingerprint density at radius 2 is 1.62 bits per heavy atom. The molecular formula is C27H24N2O3S2. The molecule has 34 heavy (non-hydrogen) atoms. The summed E-state index contributed by atoms with van der Waals surface area (Å²) in [5.74, 6) is 0.483. The number of hydrogen-bond acceptors (Lipinski definition) is 4. The molecule has 0 saturated carbocycles. The Morgan fingerprint density at radius 3 is 2.32 bits per heavy atom. The van der Waals surface area contributed by atoms with E-state index >= 15 is 0 Å². The number of rotatable bonds is 6. The van der Waals surface area contributed by atoms with Crippen LogP contribution in [-0.2, 0) is 21.2 Å². The van der Waals surface area contributed by atoms with Crippen LogP contribution in [0.3, 0.4) is 0 Å². The molecule has 1 amide bonds. The lowest BCUT2D eigenvalue weighted by Crippen LogP contribution is -2.27. The average molecular weight is 489 g/mol. The zero-order valence-electron chi connectivity index (χ0n) is 18.6. The summed E-state index contributed by atoms with van der Waals surface area (Å²) in [4.78, 5) is 14.7. The number of carbonyl (C=O) groups is 1. The number of thioether (sulfide) groups is 1. The summed E-state index contributed by atoms with van der Waals surface area (Å²) >= 11 is 1.57. The SMILES string of the molecule is CCc1ccc(N2C(=O)CSC2c2ccc(NS(=O)(=O)c3ccc4ccccc4c3)cc2)cc1. The summed E-state index contributed by atoms with van der Waals surface area (Å²) in [6, 6.07) is 28.1. The fourth-order valence-corrected chi connectivity index (χ4v) is 6.38. The molecule has 172 valence electrons. The van der Waals surface area contributed by atoms with Gasteiger partial charge in [-0.3, -0.25) is 14.4 Å². The molecule has 0 spiro atoms. The zero-order valence-corrected chi connectivity index (χ0v) is 20.3. The van der Waals surface area contributed by atoms with Gasteiger partial charge in [0.2, 0.25) is 5.91 Å². The molecule has 0 aliphatic carbocycles. The molecule has 5 rings (SSSR count). The number of benzene rings is 4. The summed E-state index contributed by atoms with van der Waals surface area (Å²) in [6.45, 7) is 2.10. The van der Waals surface area contributed by atoms with Gasteiger partial charge in [-0.1, -0.05) is 61.5 Å². The minimum Gasteiger partial charge on any atom is -0.295 e. The van der Waals surface area contributed by atoms with Crippen molar-refractivity contribution >= 4 is 49.8 Å². The quantitative estimate of drug-likeness (QED) is 0.362. The minimum atomic E-state index is -3.73. The van der Waals surface area contributed by atoms with Crippen molar-refractivity contribution in [3.63, 3.8) is 0 Å². The number of anilines is 2. The molecule has 1 atom stereocenters. The molecule has 4 aromatic rings. The van der Waals surface area contributed by atoms with E-state index in [0.717, 1.165) is 28.4 Å². The summed E-state index contributed by atoms with van der Waals surface area (Å²) in [7, 11) is -3.73. The molecule has 0 radical (unpaired) electrons. The van der Waals surface area contributed by atoms with E-state index in [1.807, 2.05) is 71.6 Å². The first-order chi connectivity index (χ1) is 16.4. The molecule has 1 aliphatic rings. The molecular weight excluding hydrogens is 464 g/mol. The Bertz CT molecular complexity index is 1450. The van der Waals surface area contributed by atoms with Crippen molar-refractivity contribution in [3.8, 4) is 0 Å². The molecule has 1 unspecified atom stereocenters. The Labute approximate surface area is 203 Å². The number of hydrogen-bond donors (Lipinski definition) is 1. The van der Waals surface area contributed by atoms with Gasteiger partial charge in [0, 0.05) is 11.4 Å². The standard InChI is InChI=1S/C27H24N2O3S2/c1-2-19-7-14-24(15-8-19)29-26(30)18-33-27(29)21-9-12-23(13-10-21)28-34(31,32)25-16-11-20-5-3-4-6-22(20)17-25/h3-17,27-28H,2,18H2,1H3. The van der Waals surface area contributed by atoms with Gasteiger partial charge < -0.3 is 0 Å². The fourth-order valence-electron chi connectivity index (χ4n) is 4.11. The first-order valence-electron chi connectivity index (χ1n) is 11.1. The van der Waals surface area contributed by atoms with Gasteiger partial charge in [-0.15, -0.1) is 11.8 Å². The van der Waals surface area contributed by atoms with Crippen molar-refractivity contribution in [1.82, 2.24) is 0 Å². The summed E-state index contributed by atoms with van der Waals surface area (Å²) in [5, 5.41) is 1.71. The topological polar surface area (TPSA) is 66.5 Å². The molecule has 1 aliphatic heterocycles. The van der Waals surface area contributed by atoms with Crippen LogP contribution in [0.4, 0.5) is 11.4 Å². The van der Waals surface area contributed by atoms with E-state index in [0.29, 0.717) is 11.4 Å². The lowest BCUT2D eigenvalue weighted by atomic mass is 10.1. The maximum absolute atomic E-state index is 13.0. The number of nitrogens with one attached hydrogen (secondary N) is 1. The third kappa shape index (κ3) is 4.41. The highest BCUT2D eigenvalue weighted by molar-refractivity contribution is 8.00. The van der Waals surface area contributed by atoms with E-state index in [4.69, 9.17) is 0 Å². The minimum absolute atomic E-state index is 0.0698. The molecule has 1 N–H and O–H groups in total. The molecule has 0 aromatic heterocycles. The first-order valence-corrected chi connectivity index (χ1v) is 13.6. The van der Waals surface area contributed by atoms with Crippen molar-refractivity contribution in [1.29, 1.82) is 0 Å². The van der Waals surface area contributed by atoms with Gasteiger partial charge in [-0.25, -0.2) is 8.42 Å². The van der Waals surface area contributed by atoms with Crippen molar-refractivity contribution in [2.24, 2.45) is 0 Å². The van der Waals surface area contributed by atoms with Crippen LogP contribution < -0.4 is 9.62 Å². The molecule has 1 saturated heterocycles. The molecule has 1 heterocycles. The van der Waals surface area contributed by atoms with E-state index in [9.17, 15) is 13.2 Å². The fraction of sp³-hybridized carbons (Fsp3) is 0.148. The molecule has 4 aromatic carbocycles. The van der Waals surface area contributed by atoms with Crippen molar-refractivity contribution in [2.75, 3.05) is 15.4 Å². The predicted octanol–water partition coefficient (Wildman–Crippen LogP) is 5.98. The lowest BCUT2D eigenvalue weighted by molar-refractivity contribution is -0.115. The Balaban J connectivity index is 1.36. The maximum atomic E-state index is 13.0. The largest absolute Gasteiger partial charge is 0.295 e. The Morgan fingerprint density at radius 1 is 0.912 bits per heavy atom. The molecule has 7 heteroatoms. The van der Waals surface area contributed by atoms with E-state index in [1.165, 1.54) is 5.56 Å². The van der Waals surface area contributed by atoms with Crippen LogP contribution in [0, 0.1) is 0 Å². The van der Waals surface area contributed by atoms with Gasteiger partial charge in [-0.2, -0.15) is 0 Å². The van der Waals surface area contributed by atoms with Gasteiger partial charge in [0.05, 0.1) is 10.6 Å². The smallest absolute Gasteiger partial charge is 0.261 e. The van der Waals surface area contributed by atoms with Crippen molar-refractivity contribution in [2.45, 2.75) is 23.6 Å². The third-order valence-electron chi connectivity index (χ3n) is 5.97. The number of nitrogens with zero attached hydrogens (tertiary/aromatic N) is 1. The highest BCUT2D eigenvalue weighted by Crippen LogP contribution is 2.42.